The predicted molar refractivity (Wildman–Crippen MR) is 95.6 cm³/mol. The molecule has 1 aromatic carbocycles. The summed E-state index contributed by atoms with van der Waals surface area (Å²) in [6, 6.07) is 5.90. The molecule has 5 heteroatoms. The molecule has 0 bridgehead atoms. The van der Waals surface area contributed by atoms with Gasteiger partial charge >= 0.3 is 0 Å². The van der Waals surface area contributed by atoms with Crippen LogP contribution in [-0.2, 0) is 11.3 Å². The zero-order chi connectivity index (χ0) is 17.3. The molecule has 0 radical (unpaired) electrons. The van der Waals surface area contributed by atoms with Crippen LogP contribution in [0.4, 0.5) is 0 Å². The Morgan fingerprint density at radius 1 is 1.42 bits per heavy atom. The molecule has 0 unspecified atom stereocenters. The molecule has 0 aliphatic heterocycles. The summed E-state index contributed by atoms with van der Waals surface area (Å²) in [5, 5.41) is 5.17. The van der Waals surface area contributed by atoms with Crippen LogP contribution in [0, 0.1) is 19.8 Å². The molecular formula is C19H21ClN2O2. The summed E-state index contributed by atoms with van der Waals surface area (Å²) in [5.74, 6) is 1.26. The Balaban J connectivity index is 1.86. The first-order valence-corrected chi connectivity index (χ1v) is 8.45. The highest BCUT2D eigenvalue weighted by Crippen LogP contribution is 2.30. The van der Waals surface area contributed by atoms with E-state index >= 15 is 0 Å². The van der Waals surface area contributed by atoms with E-state index in [1.54, 1.807) is 13.2 Å². The van der Waals surface area contributed by atoms with Crippen LogP contribution in [0.25, 0.3) is 6.08 Å². The molecule has 1 saturated carbocycles. The van der Waals surface area contributed by atoms with Crippen molar-refractivity contribution in [2.75, 3.05) is 7.11 Å². The third-order valence-corrected chi connectivity index (χ3v) is 4.88. The highest BCUT2D eigenvalue weighted by molar-refractivity contribution is 6.31. The Morgan fingerprint density at radius 2 is 2.17 bits per heavy atom. The Labute approximate surface area is 147 Å². The van der Waals surface area contributed by atoms with Crippen LogP contribution in [0.2, 0.25) is 5.02 Å². The number of hydrogen-bond donors (Lipinski definition) is 0. The summed E-state index contributed by atoms with van der Waals surface area (Å²) >= 11 is 6.23. The Bertz CT molecular complexity index is 804. The van der Waals surface area contributed by atoms with Gasteiger partial charge in [0.2, 0.25) is 0 Å². The van der Waals surface area contributed by atoms with Crippen molar-refractivity contribution in [3.05, 3.63) is 51.8 Å². The van der Waals surface area contributed by atoms with Crippen molar-refractivity contribution in [2.24, 2.45) is 5.92 Å². The van der Waals surface area contributed by atoms with E-state index in [2.05, 4.69) is 5.10 Å². The lowest BCUT2D eigenvalue weighted by Crippen LogP contribution is -2.06. The molecule has 2 aromatic rings. The number of carbonyl (C=O) groups excluding carboxylic acids is 1. The highest BCUT2D eigenvalue weighted by atomic mass is 35.5. The van der Waals surface area contributed by atoms with Crippen LogP contribution in [0.15, 0.2) is 24.3 Å². The number of aromatic nitrogens is 2. The lowest BCUT2D eigenvalue weighted by Gasteiger charge is -2.11. The fraction of sp³-hybridized carbons (Fsp3) is 0.368. The van der Waals surface area contributed by atoms with E-state index in [1.165, 1.54) is 0 Å². The molecule has 4 nitrogen and oxygen atoms in total. The molecule has 1 heterocycles. The van der Waals surface area contributed by atoms with Crippen LogP contribution in [-0.4, -0.2) is 22.7 Å². The second-order valence-corrected chi connectivity index (χ2v) is 6.60. The van der Waals surface area contributed by atoms with Gasteiger partial charge in [0.1, 0.15) is 5.75 Å². The quantitative estimate of drug-likeness (QED) is 0.737. The predicted octanol–water partition coefficient (Wildman–Crippen LogP) is 4.20. The van der Waals surface area contributed by atoms with Crippen LogP contribution in [0.3, 0.4) is 0 Å². The highest BCUT2D eigenvalue weighted by Gasteiger charge is 2.27. The minimum atomic E-state index is 0.220. The van der Waals surface area contributed by atoms with Gasteiger partial charge in [0, 0.05) is 11.5 Å². The second-order valence-electron chi connectivity index (χ2n) is 6.22. The van der Waals surface area contributed by atoms with Crippen molar-refractivity contribution in [3.8, 4) is 5.75 Å². The molecule has 0 spiro atoms. The van der Waals surface area contributed by atoms with Gasteiger partial charge in [0.05, 0.1) is 30.1 Å². The molecule has 0 atom stereocenters. The molecular weight excluding hydrogens is 324 g/mol. The first kappa shape index (κ1) is 16.8. The minimum absolute atomic E-state index is 0.220. The Morgan fingerprint density at radius 3 is 2.75 bits per heavy atom. The van der Waals surface area contributed by atoms with Crippen LogP contribution in [0.5, 0.6) is 5.75 Å². The molecule has 126 valence electrons. The van der Waals surface area contributed by atoms with Gasteiger partial charge in [-0.15, -0.1) is 0 Å². The SMILES string of the molecule is COc1ccc(C=CC(=O)C2CC2)cc1Cn1nc(C)c(Cl)c1C. The van der Waals surface area contributed by atoms with E-state index in [-0.39, 0.29) is 11.7 Å². The van der Waals surface area contributed by atoms with Crippen molar-refractivity contribution < 1.29 is 9.53 Å². The molecule has 1 aliphatic rings. The van der Waals surface area contributed by atoms with Gasteiger partial charge in [-0.1, -0.05) is 23.7 Å². The fourth-order valence-electron chi connectivity index (χ4n) is 2.70. The zero-order valence-corrected chi connectivity index (χ0v) is 14.9. The van der Waals surface area contributed by atoms with Crippen molar-refractivity contribution in [1.29, 1.82) is 0 Å². The number of allylic oxidation sites excluding steroid dienone is 1. The second kappa shape index (κ2) is 6.81. The Hall–Kier alpha value is -2.07. The number of ether oxygens (including phenoxy) is 1. The summed E-state index contributed by atoms with van der Waals surface area (Å²) in [7, 11) is 1.65. The topological polar surface area (TPSA) is 44.1 Å². The number of nitrogens with zero attached hydrogens (tertiary/aromatic N) is 2. The lowest BCUT2D eigenvalue weighted by molar-refractivity contribution is -0.115. The summed E-state index contributed by atoms with van der Waals surface area (Å²) in [4.78, 5) is 11.8. The number of aryl methyl sites for hydroxylation is 1. The minimum Gasteiger partial charge on any atom is -0.496 e. The molecule has 0 N–H and O–H groups in total. The smallest absolute Gasteiger partial charge is 0.158 e. The molecule has 0 amide bonds. The van der Waals surface area contributed by atoms with Gasteiger partial charge in [-0.3, -0.25) is 9.48 Å². The molecule has 0 saturated heterocycles. The van der Waals surface area contributed by atoms with Gasteiger partial charge in [0.15, 0.2) is 5.78 Å². The number of methoxy groups -OCH3 is 1. The first-order valence-electron chi connectivity index (χ1n) is 8.08. The van der Waals surface area contributed by atoms with E-state index in [1.807, 2.05) is 42.8 Å². The summed E-state index contributed by atoms with van der Waals surface area (Å²) < 4.78 is 7.33. The van der Waals surface area contributed by atoms with Gasteiger partial charge in [-0.2, -0.15) is 5.10 Å². The molecule has 3 rings (SSSR count). The largest absolute Gasteiger partial charge is 0.496 e. The number of benzene rings is 1. The van der Waals surface area contributed by atoms with Gasteiger partial charge in [0.25, 0.3) is 0 Å². The monoisotopic (exact) mass is 344 g/mol. The third-order valence-electron chi connectivity index (χ3n) is 4.34. The number of halogens is 1. The van der Waals surface area contributed by atoms with Crippen molar-refractivity contribution in [1.82, 2.24) is 9.78 Å². The third kappa shape index (κ3) is 3.54. The number of ketones is 1. The van der Waals surface area contributed by atoms with E-state index in [4.69, 9.17) is 16.3 Å². The van der Waals surface area contributed by atoms with Crippen molar-refractivity contribution >= 4 is 23.5 Å². The maximum Gasteiger partial charge on any atom is 0.158 e. The lowest BCUT2D eigenvalue weighted by atomic mass is 10.1. The Kier molecular flexibility index (Phi) is 4.76. The van der Waals surface area contributed by atoms with Crippen LogP contribution >= 0.6 is 11.6 Å². The molecule has 1 aliphatic carbocycles. The van der Waals surface area contributed by atoms with Gasteiger partial charge in [-0.05, 0) is 50.5 Å². The van der Waals surface area contributed by atoms with Crippen molar-refractivity contribution in [3.63, 3.8) is 0 Å². The number of rotatable bonds is 6. The summed E-state index contributed by atoms with van der Waals surface area (Å²) in [6.45, 7) is 4.42. The fourth-order valence-corrected chi connectivity index (χ4v) is 2.83. The van der Waals surface area contributed by atoms with E-state index in [9.17, 15) is 4.79 Å². The van der Waals surface area contributed by atoms with E-state index in [0.29, 0.717) is 11.6 Å². The average Bonchev–Trinajstić information content (AvgIpc) is 3.39. The molecule has 1 fully saturated rings. The molecule has 24 heavy (non-hydrogen) atoms. The summed E-state index contributed by atoms with van der Waals surface area (Å²) in [6.07, 6.45) is 5.60. The normalized spacial score (nSPS) is 14.3. The van der Waals surface area contributed by atoms with Crippen LogP contribution < -0.4 is 4.74 Å². The van der Waals surface area contributed by atoms with E-state index in [0.717, 1.165) is 41.1 Å². The summed E-state index contributed by atoms with van der Waals surface area (Å²) in [5.41, 5.74) is 3.73. The number of carbonyl (C=O) groups is 1. The first-order chi connectivity index (χ1) is 11.5. The maximum atomic E-state index is 11.8. The number of hydrogen-bond acceptors (Lipinski definition) is 3. The average molecular weight is 345 g/mol. The zero-order valence-electron chi connectivity index (χ0n) is 14.2. The maximum absolute atomic E-state index is 11.8. The standard InChI is InChI=1S/C19H21ClN2O2/c1-12-19(20)13(2)22(21-12)11-16-10-14(5-9-18(16)24-3)4-8-17(23)15-6-7-15/h4-5,8-10,15H,6-7,11H2,1-3H3. The molecule has 1 aromatic heterocycles. The van der Waals surface area contributed by atoms with Gasteiger partial charge < -0.3 is 4.74 Å². The van der Waals surface area contributed by atoms with E-state index < -0.39 is 0 Å². The van der Waals surface area contributed by atoms with Crippen molar-refractivity contribution in [2.45, 2.75) is 33.2 Å². The van der Waals surface area contributed by atoms with Gasteiger partial charge in [-0.25, -0.2) is 0 Å². The van der Waals surface area contributed by atoms with Crippen LogP contribution in [0.1, 0.15) is 35.4 Å².